The molecule has 0 aliphatic heterocycles. The van der Waals surface area contributed by atoms with Crippen molar-refractivity contribution in [3.05, 3.63) is 142 Å². The molecule has 0 saturated carbocycles. The van der Waals surface area contributed by atoms with E-state index in [0.29, 0.717) is 33.6 Å². The average molecular weight is 572 g/mol. The third kappa shape index (κ3) is 5.56. The second-order valence-electron chi connectivity index (χ2n) is 9.84. The van der Waals surface area contributed by atoms with Crippen LogP contribution in [0.2, 0.25) is 0 Å². The molecule has 2 heterocycles. The fourth-order valence-electron chi connectivity index (χ4n) is 4.87. The van der Waals surface area contributed by atoms with Crippen molar-refractivity contribution in [1.82, 2.24) is 9.97 Å². The van der Waals surface area contributed by atoms with Gasteiger partial charge in [0.2, 0.25) is 5.43 Å². The number of hydrogen-bond donors (Lipinski definition) is 3. The number of fused-ring (bicyclic) bond motifs is 1. The van der Waals surface area contributed by atoms with Gasteiger partial charge in [0.1, 0.15) is 46.6 Å². The van der Waals surface area contributed by atoms with Gasteiger partial charge in [0.15, 0.2) is 0 Å². The highest BCUT2D eigenvalue weighted by Crippen LogP contribution is 2.33. The summed E-state index contributed by atoms with van der Waals surface area (Å²) in [5, 5.41) is 12.6. The molecule has 0 spiro atoms. The summed E-state index contributed by atoms with van der Waals surface area (Å²) in [4.78, 5) is 22.2. The number of nitrogens with two attached hydrogens (primary N) is 1. The summed E-state index contributed by atoms with van der Waals surface area (Å²) in [7, 11) is 0. The van der Waals surface area contributed by atoms with Gasteiger partial charge in [-0.25, -0.2) is 14.4 Å². The molecule has 6 aromatic rings. The molecule has 0 saturated heterocycles. The summed E-state index contributed by atoms with van der Waals surface area (Å²) in [6.45, 7) is 1.79. The smallest absolute Gasteiger partial charge is 0.200 e. The van der Waals surface area contributed by atoms with E-state index in [9.17, 15) is 9.18 Å². The fraction of sp³-hybridized carbons (Fsp3) is 0.0588. The highest BCUT2D eigenvalue weighted by atomic mass is 19.1. The van der Waals surface area contributed by atoms with Gasteiger partial charge in [-0.1, -0.05) is 42.5 Å². The lowest BCUT2D eigenvalue weighted by Gasteiger charge is -2.20. The maximum atomic E-state index is 14.2. The first kappa shape index (κ1) is 27.3. The third-order valence-electron chi connectivity index (χ3n) is 6.93. The normalized spacial score (nSPS) is 11.7. The quantitative estimate of drug-likeness (QED) is 0.163. The van der Waals surface area contributed by atoms with Crippen molar-refractivity contribution in [2.24, 2.45) is 0 Å². The Balaban J connectivity index is 1.36. The van der Waals surface area contributed by atoms with Crippen LogP contribution in [0, 0.1) is 11.2 Å². The first-order valence-corrected chi connectivity index (χ1v) is 13.5. The van der Waals surface area contributed by atoms with Crippen LogP contribution in [-0.2, 0) is 0 Å². The molecule has 1 unspecified atom stereocenters. The Morgan fingerprint density at radius 2 is 1.65 bits per heavy atom. The number of nitrogens with one attached hydrogen (secondary N) is 2. The third-order valence-corrected chi connectivity index (χ3v) is 6.93. The summed E-state index contributed by atoms with van der Waals surface area (Å²) >= 11 is 0. The molecular formula is C34H26FN5O3. The van der Waals surface area contributed by atoms with Crippen LogP contribution in [0.4, 0.5) is 16.0 Å². The minimum atomic E-state index is -0.641. The zero-order chi connectivity index (χ0) is 29.9. The number of nitrogen functional groups attached to an aromatic ring is 1. The first-order valence-electron chi connectivity index (χ1n) is 13.5. The van der Waals surface area contributed by atoms with Gasteiger partial charge in [-0.2, -0.15) is 0 Å². The molecule has 0 aliphatic rings. The van der Waals surface area contributed by atoms with E-state index in [1.807, 2.05) is 30.3 Å². The maximum absolute atomic E-state index is 14.2. The molecule has 212 valence electrons. The van der Waals surface area contributed by atoms with Gasteiger partial charge < -0.3 is 20.2 Å². The van der Waals surface area contributed by atoms with Crippen molar-refractivity contribution < 1.29 is 13.5 Å². The fourth-order valence-corrected chi connectivity index (χ4v) is 4.87. The van der Waals surface area contributed by atoms with Crippen molar-refractivity contribution >= 4 is 28.3 Å². The second-order valence-corrected chi connectivity index (χ2v) is 9.84. The number of ether oxygens (including phenoxy) is 1. The van der Waals surface area contributed by atoms with E-state index in [1.165, 1.54) is 18.5 Å². The molecule has 9 heteroatoms. The van der Waals surface area contributed by atoms with Crippen molar-refractivity contribution in [3.8, 4) is 22.6 Å². The Kier molecular flexibility index (Phi) is 7.36. The van der Waals surface area contributed by atoms with Crippen LogP contribution in [0.3, 0.4) is 0 Å². The summed E-state index contributed by atoms with van der Waals surface area (Å²) in [5.41, 5.74) is 7.92. The number of hydrogen-bond acceptors (Lipinski definition) is 8. The molecule has 0 aliphatic carbocycles. The Morgan fingerprint density at radius 1 is 0.930 bits per heavy atom. The van der Waals surface area contributed by atoms with Crippen molar-refractivity contribution in [1.29, 1.82) is 5.41 Å². The SMILES string of the molecule is CC(Nc1ncnc(N)c1C(=N)c1ccc(Oc2ccccc2)cc1)c1oc2ccccc2c(=O)c1-c1cccc(F)c1. The van der Waals surface area contributed by atoms with Gasteiger partial charge in [0.25, 0.3) is 0 Å². The molecule has 0 radical (unpaired) electrons. The Labute approximate surface area is 246 Å². The van der Waals surface area contributed by atoms with Crippen LogP contribution in [0.1, 0.15) is 29.9 Å². The van der Waals surface area contributed by atoms with Gasteiger partial charge in [-0.3, -0.25) is 10.2 Å². The standard InChI is InChI=1S/C34H26FN5O3/c1-20(32-28(22-8-7-9-23(35)18-22)31(41)26-12-5-6-13-27(26)43-32)40-34-29(33(37)38-19-39-34)30(36)21-14-16-25(17-15-21)42-24-10-3-2-4-11-24/h2-20,36H,1H3,(H3,37,38,39,40). The molecular weight excluding hydrogens is 545 g/mol. The van der Waals surface area contributed by atoms with E-state index in [2.05, 4.69) is 15.3 Å². The van der Waals surface area contributed by atoms with Gasteiger partial charge >= 0.3 is 0 Å². The van der Waals surface area contributed by atoms with Crippen LogP contribution in [0.15, 0.2) is 119 Å². The zero-order valence-corrected chi connectivity index (χ0v) is 23.0. The molecule has 43 heavy (non-hydrogen) atoms. The Bertz CT molecular complexity index is 2010. The highest BCUT2D eigenvalue weighted by Gasteiger charge is 2.24. The van der Waals surface area contributed by atoms with Crippen LogP contribution < -0.4 is 21.2 Å². The maximum Gasteiger partial charge on any atom is 0.200 e. The predicted molar refractivity (Wildman–Crippen MR) is 165 cm³/mol. The van der Waals surface area contributed by atoms with E-state index in [0.717, 1.165) is 0 Å². The molecule has 1 atom stereocenters. The largest absolute Gasteiger partial charge is 0.458 e. The van der Waals surface area contributed by atoms with Crippen LogP contribution in [0.5, 0.6) is 11.5 Å². The number of para-hydroxylation sites is 2. The first-order chi connectivity index (χ1) is 20.9. The summed E-state index contributed by atoms with van der Waals surface area (Å²) in [6.07, 6.45) is 1.29. The van der Waals surface area contributed by atoms with E-state index < -0.39 is 11.9 Å². The van der Waals surface area contributed by atoms with Crippen molar-refractivity contribution in [2.75, 3.05) is 11.1 Å². The minimum absolute atomic E-state index is 0.0874. The topological polar surface area (TPSA) is 127 Å². The van der Waals surface area contributed by atoms with Crippen molar-refractivity contribution in [3.63, 3.8) is 0 Å². The van der Waals surface area contributed by atoms with Crippen LogP contribution >= 0.6 is 0 Å². The highest BCUT2D eigenvalue weighted by molar-refractivity contribution is 6.16. The van der Waals surface area contributed by atoms with Gasteiger partial charge in [0, 0.05) is 5.56 Å². The second kappa shape index (κ2) is 11.6. The van der Waals surface area contributed by atoms with E-state index in [4.69, 9.17) is 20.3 Å². The van der Waals surface area contributed by atoms with Crippen molar-refractivity contribution in [2.45, 2.75) is 13.0 Å². The van der Waals surface area contributed by atoms with Gasteiger partial charge in [-0.15, -0.1) is 0 Å². The van der Waals surface area contributed by atoms with E-state index in [-0.39, 0.29) is 39.7 Å². The molecule has 4 N–H and O–H groups in total. The average Bonchev–Trinajstić information content (AvgIpc) is 3.02. The monoisotopic (exact) mass is 571 g/mol. The number of benzene rings is 4. The van der Waals surface area contributed by atoms with Crippen LogP contribution in [0.25, 0.3) is 22.1 Å². The summed E-state index contributed by atoms with van der Waals surface area (Å²) in [6, 6.07) is 28.5. The zero-order valence-electron chi connectivity index (χ0n) is 23.0. The number of rotatable bonds is 8. The minimum Gasteiger partial charge on any atom is -0.458 e. The van der Waals surface area contributed by atoms with E-state index in [1.54, 1.807) is 67.6 Å². The summed E-state index contributed by atoms with van der Waals surface area (Å²) in [5.74, 6) is 1.50. The lowest BCUT2D eigenvalue weighted by Crippen LogP contribution is -2.18. The van der Waals surface area contributed by atoms with E-state index >= 15 is 0 Å². The number of nitrogens with zero attached hydrogens (tertiary/aromatic N) is 2. The lowest BCUT2D eigenvalue weighted by atomic mass is 9.98. The molecule has 0 bridgehead atoms. The number of aromatic nitrogens is 2. The van der Waals surface area contributed by atoms with Gasteiger partial charge in [0.05, 0.1) is 28.3 Å². The van der Waals surface area contributed by atoms with Gasteiger partial charge in [-0.05, 0) is 73.2 Å². The predicted octanol–water partition coefficient (Wildman–Crippen LogP) is 7.35. The molecule has 6 rings (SSSR count). The molecule has 4 aromatic carbocycles. The molecule has 8 nitrogen and oxygen atoms in total. The molecule has 0 amide bonds. The molecule has 2 aromatic heterocycles. The summed E-state index contributed by atoms with van der Waals surface area (Å²) < 4.78 is 26.4. The van der Waals surface area contributed by atoms with Crippen LogP contribution in [-0.4, -0.2) is 15.7 Å². The Morgan fingerprint density at radius 3 is 2.42 bits per heavy atom. The number of halogens is 1. The Hall–Kier alpha value is -5.83. The number of anilines is 2. The lowest BCUT2D eigenvalue weighted by molar-refractivity contribution is 0.482. The molecule has 0 fully saturated rings.